The fraction of sp³-hybridized carbons (Fsp3) is 0.294. The fourth-order valence-corrected chi connectivity index (χ4v) is 3.22. The van der Waals surface area contributed by atoms with E-state index >= 15 is 0 Å². The molecule has 0 aliphatic rings. The van der Waals surface area contributed by atoms with Crippen LogP contribution in [-0.4, -0.2) is 22.6 Å². The summed E-state index contributed by atoms with van der Waals surface area (Å²) in [4.78, 5) is 0. The van der Waals surface area contributed by atoms with E-state index in [0.29, 0.717) is 0 Å². The van der Waals surface area contributed by atoms with Crippen LogP contribution >= 0.6 is 0 Å². The predicted octanol–water partition coefficient (Wildman–Crippen LogP) is 5.71. The highest BCUT2D eigenvalue weighted by Gasteiger charge is 2.75. The summed E-state index contributed by atoms with van der Waals surface area (Å²) < 4.78 is 166. The number of rotatable bonds is 2. The number of phenols is 2. The molecule has 0 aliphatic carbocycles. The number of hydrogen-bond donors (Lipinski definition) is 4. The minimum Gasteiger partial charge on any atom is -0.506 e. The first-order chi connectivity index (χ1) is 14.6. The van der Waals surface area contributed by atoms with Crippen LogP contribution < -0.4 is 11.5 Å². The molecule has 0 fully saturated rings. The van der Waals surface area contributed by atoms with Gasteiger partial charge in [-0.3, -0.25) is 0 Å². The fourth-order valence-electron chi connectivity index (χ4n) is 3.22. The molecule has 2 rings (SSSR count). The Labute approximate surface area is 175 Å². The zero-order chi connectivity index (χ0) is 25.9. The SMILES string of the molecule is Nc1cc(C(c2cc(N)c(O)cc2C(F)(F)F)(C(F)(F)F)C(F)(F)F)c(C(F)(F)F)cc1O. The third-order valence-electron chi connectivity index (χ3n) is 4.60. The van der Waals surface area contributed by atoms with Gasteiger partial charge in [0.25, 0.3) is 0 Å². The largest absolute Gasteiger partial charge is 0.506 e. The topological polar surface area (TPSA) is 92.5 Å². The number of benzene rings is 2. The Morgan fingerprint density at radius 3 is 0.970 bits per heavy atom. The van der Waals surface area contributed by atoms with Gasteiger partial charge in [0.2, 0.25) is 5.41 Å². The van der Waals surface area contributed by atoms with Crippen LogP contribution in [0.2, 0.25) is 0 Å². The van der Waals surface area contributed by atoms with Gasteiger partial charge in [-0.25, -0.2) is 0 Å². The van der Waals surface area contributed by atoms with Gasteiger partial charge in [0.05, 0.1) is 22.5 Å². The maximum absolute atomic E-state index is 14.2. The molecule has 0 atom stereocenters. The van der Waals surface area contributed by atoms with Gasteiger partial charge in [-0.1, -0.05) is 0 Å². The Morgan fingerprint density at radius 2 is 0.758 bits per heavy atom. The Balaban J connectivity index is 3.35. The van der Waals surface area contributed by atoms with Gasteiger partial charge in [0, 0.05) is 0 Å². The molecule has 0 unspecified atom stereocenters. The lowest BCUT2D eigenvalue weighted by Crippen LogP contribution is -2.56. The summed E-state index contributed by atoms with van der Waals surface area (Å²) in [6.07, 6.45) is -25.9. The lowest BCUT2D eigenvalue weighted by atomic mass is 9.69. The summed E-state index contributed by atoms with van der Waals surface area (Å²) in [5.41, 5.74) is -9.88. The third kappa shape index (κ3) is 4.13. The maximum Gasteiger partial charge on any atom is 0.416 e. The summed E-state index contributed by atoms with van der Waals surface area (Å²) in [6.45, 7) is 0. The van der Waals surface area contributed by atoms with Crippen molar-refractivity contribution in [1.29, 1.82) is 0 Å². The summed E-state index contributed by atoms with van der Waals surface area (Å²) in [5.74, 6) is -3.16. The average molecular weight is 502 g/mol. The highest BCUT2D eigenvalue weighted by Crippen LogP contribution is 2.61. The van der Waals surface area contributed by atoms with Gasteiger partial charge in [0.1, 0.15) is 11.5 Å². The Bertz CT molecular complexity index is 983. The molecular formula is C17H10F12N2O2. The molecule has 16 heteroatoms. The van der Waals surface area contributed by atoms with E-state index in [-0.39, 0.29) is 0 Å². The van der Waals surface area contributed by atoms with E-state index in [9.17, 15) is 62.9 Å². The predicted molar refractivity (Wildman–Crippen MR) is 87.9 cm³/mol. The van der Waals surface area contributed by atoms with Crippen molar-refractivity contribution in [2.24, 2.45) is 0 Å². The minimum atomic E-state index is -6.90. The van der Waals surface area contributed by atoms with Gasteiger partial charge in [-0.2, -0.15) is 52.7 Å². The molecule has 0 heterocycles. The first-order valence-corrected chi connectivity index (χ1v) is 8.10. The van der Waals surface area contributed by atoms with Crippen molar-refractivity contribution in [3.8, 4) is 11.5 Å². The molecule has 0 saturated heterocycles. The van der Waals surface area contributed by atoms with E-state index in [2.05, 4.69) is 0 Å². The van der Waals surface area contributed by atoms with Crippen molar-refractivity contribution in [3.05, 3.63) is 46.5 Å². The number of anilines is 2. The number of nitrogen functional groups attached to an aromatic ring is 2. The van der Waals surface area contributed by atoms with Crippen molar-refractivity contribution < 1.29 is 62.9 Å². The Hall–Kier alpha value is -3.20. The number of phenolic OH excluding ortho intramolecular Hbond substituents is 2. The standard InChI is InChI=1S/C17H10F12N2O2/c18-14(19,20)7-3-11(32)9(30)1-5(7)13(16(24,25)26,17(27,28)29)6-2-10(31)12(33)4-8(6)15(21,22)23/h1-4,32-33H,30-31H2. The van der Waals surface area contributed by atoms with E-state index < -0.39 is 99.5 Å². The number of hydrogen-bond acceptors (Lipinski definition) is 4. The van der Waals surface area contributed by atoms with Gasteiger partial charge >= 0.3 is 24.7 Å². The van der Waals surface area contributed by atoms with Crippen LogP contribution in [0.25, 0.3) is 0 Å². The van der Waals surface area contributed by atoms with E-state index in [0.717, 1.165) is 0 Å². The van der Waals surface area contributed by atoms with E-state index in [1.54, 1.807) is 0 Å². The number of aromatic hydroxyl groups is 2. The second kappa shape index (κ2) is 7.41. The monoisotopic (exact) mass is 502 g/mol. The van der Waals surface area contributed by atoms with E-state index in [4.69, 9.17) is 11.5 Å². The lowest BCUT2D eigenvalue weighted by molar-refractivity contribution is -0.290. The smallest absolute Gasteiger partial charge is 0.416 e. The van der Waals surface area contributed by atoms with Crippen molar-refractivity contribution in [3.63, 3.8) is 0 Å². The normalized spacial score (nSPS) is 13.9. The molecule has 33 heavy (non-hydrogen) atoms. The molecule has 0 amide bonds. The van der Waals surface area contributed by atoms with Gasteiger partial charge in [0.15, 0.2) is 0 Å². The lowest BCUT2D eigenvalue weighted by Gasteiger charge is -2.41. The maximum atomic E-state index is 14.2. The highest BCUT2D eigenvalue weighted by atomic mass is 19.4. The van der Waals surface area contributed by atoms with Crippen LogP contribution in [0.3, 0.4) is 0 Å². The average Bonchev–Trinajstić information content (AvgIpc) is 2.56. The van der Waals surface area contributed by atoms with Gasteiger partial charge in [-0.05, 0) is 35.4 Å². The number of alkyl halides is 12. The molecule has 2 aromatic rings. The number of halogens is 12. The molecule has 0 radical (unpaired) electrons. The van der Waals surface area contributed by atoms with Crippen LogP contribution in [0, 0.1) is 0 Å². The van der Waals surface area contributed by atoms with Crippen LogP contribution in [0.1, 0.15) is 22.3 Å². The second-order valence-corrected chi connectivity index (χ2v) is 6.65. The van der Waals surface area contributed by atoms with E-state index in [1.807, 2.05) is 0 Å². The molecule has 184 valence electrons. The van der Waals surface area contributed by atoms with Crippen molar-refractivity contribution >= 4 is 11.4 Å². The van der Waals surface area contributed by atoms with E-state index in [1.165, 1.54) is 0 Å². The summed E-state index contributed by atoms with van der Waals surface area (Å²) in [5, 5.41) is 18.7. The van der Waals surface area contributed by atoms with Crippen molar-refractivity contribution in [2.45, 2.75) is 30.1 Å². The molecule has 0 aliphatic heterocycles. The summed E-state index contributed by atoms with van der Waals surface area (Å²) in [7, 11) is 0. The molecule has 6 N–H and O–H groups in total. The van der Waals surface area contributed by atoms with Crippen LogP contribution in [-0.2, 0) is 17.8 Å². The van der Waals surface area contributed by atoms with Gasteiger partial charge < -0.3 is 21.7 Å². The molecule has 2 aromatic carbocycles. The van der Waals surface area contributed by atoms with Crippen molar-refractivity contribution in [2.75, 3.05) is 11.5 Å². The van der Waals surface area contributed by atoms with Crippen LogP contribution in [0.5, 0.6) is 11.5 Å². The molecule has 0 saturated carbocycles. The minimum absolute atomic E-state index is 0.567. The number of nitrogens with two attached hydrogens (primary N) is 2. The molecule has 0 aromatic heterocycles. The Kier molecular flexibility index (Phi) is 5.85. The Morgan fingerprint density at radius 1 is 0.485 bits per heavy atom. The molecule has 0 spiro atoms. The third-order valence-corrected chi connectivity index (χ3v) is 4.60. The summed E-state index contributed by atoms with van der Waals surface area (Å²) >= 11 is 0. The van der Waals surface area contributed by atoms with Gasteiger partial charge in [-0.15, -0.1) is 0 Å². The van der Waals surface area contributed by atoms with Crippen molar-refractivity contribution in [1.82, 2.24) is 0 Å². The molecule has 4 nitrogen and oxygen atoms in total. The first kappa shape index (κ1) is 26.1. The first-order valence-electron chi connectivity index (χ1n) is 8.10. The summed E-state index contributed by atoms with van der Waals surface area (Å²) in [6, 6.07) is -2.29. The van der Waals surface area contributed by atoms with Crippen LogP contribution in [0.4, 0.5) is 64.1 Å². The highest BCUT2D eigenvalue weighted by molar-refractivity contribution is 5.66. The van der Waals surface area contributed by atoms with Crippen LogP contribution in [0.15, 0.2) is 24.3 Å². The molecular weight excluding hydrogens is 492 g/mol. The molecule has 0 bridgehead atoms. The second-order valence-electron chi connectivity index (χ2n) is 6.65. The zero-order valence-corrected chi connectivity index (χ0v) is 15.4. The quantitative estimate of drug-likeness (QED) is 0.241. The zero-order valence-electron chi connectivity index (χ0n) is 15.4.